The molecule has 1 aromatic carbocycles. The number of nitrogens with zero attached hydrogens (tertiary/aromatic N) is 5. The number of ether oxygens (including phenoxy) is 1. The van der Waals surface area contributed by atoms with Crippen molar-refractivity contribution in [2.75, 3.05) is 22.9 Å². The molecule has 1 aliphatic heterocycles. The summed E-state index contributed by atoms with van der Waals surface area (Å²) >= 11 is 0. The lowest BCUT2D eigenvalue weighted by Crippen LogP contribution is -2.39. The standard InChI is InChI=1S/C24H26N8O2/c1-24(2,3)34-23(33)32-10-9-15-7-8-18(11-16(15)14-32)28-22-27-13-17(12-25)21(31-22)30-20-6-4-5-19(26)29-20/h4-8,11,13H,9-10,14H2,1-3H3,(H4,26,27,28,29,30,31). The maximum absolute atomic E-state index is 12.5. The Labute approximate surface area is 197 Å². The van der Waals surface area contributed by atoms with E-state index in [1.807, 2.05) is 39.0 Å². The Morgan fingerprint density at radius 2 is 2.00 bits per heavy atom. The van der Waals surface area contributed by atoms with Crippen LogP contribution in [0.1, 0.15) is 37.5 Å². The molecule has 0 saturated carbocycles. The number of hydrogen-bond donors (Lipinski definition) is 3. The number of benzene rings is 1. The van der Waals surface area contributed by atoms with E-state index in [1.165, 1.54) is 11.8 Å². The van der Waals surface area contributed by atoms with E-state index in [2.05, 4.69) is 31.7 Å². The van der Waals surface area contributed by atoms with Gasteiger partial charge in [0.05, 0.1) is 6.20 Å². The Hall–Kier alpha value is -4.39. The summed E-state index contributed by atoms with van der Waals surface area (Å²) in [5.41, 5.74) is 8.44. The molecule has 0 fully saturated rings. The lowest BCUT2D eigenvalue weighted by atomic mass is 9.99. The fourth-order valence-electron chi connectivity index (χ4n) is 3.51. The first-order chi connectivity index (χ1) is 16.2. The predicted octanol–water partition coefficient (Wildman–Crippen LogP) is 4.11. The van der Waals surface area contributed by atoms with Crippen molar-refractivity contribution in [2.45, 2.75) is 39.3 Å². The number of carbonyl (C=O) groups is 1. The minimum atomic E-state index is -0.541. The molecular weight excluding hydrogens is 432 g/mol. The fraction of sp³-hybridized carbons (Fsp3) is 0.292. The van der Waals surface area contributed by atoms with Crippen molar-refractivity contribution in [1.29, 1.82) is 5.26 Å². The summed E-state index contributed by atoms with van der Waals surface area (Å²) in [5, 5.41) is 15.6. The Morgan fingerprint density at radius 1 is 1.18 bits per heavy atom. The van der Waals surface area contributed by atoms with Gasteiger partial charge in [0.25, 0.3) is 0 Å². The number of carbonyl (C=O) groups excluding carboxylic acids is 1. The van der Waals surface area contributed by atoms with Crippen LogP contribution in [-0.4, -0.2) is 38.1 Å². The second-order valence-corrected chi connectivity index (χ2v) is 8.90. The number of rotatable bonds is 4. The largest absolute Gasteiger partial charge is 0.444 e. The molecule has 10 nitrogen and oxygen atoms in total. The molecule has 0 spiro atoms. The highest BCUT2D eigenvalue weighted by Crippen LogP contribution is 2.26. The number of aromatic nitrogens is 3. The van der Waals surface area contributed by atoms with Crippen LogP contribution in [0.25, 0.3) is 0 Å². The van der Waals surface area contributed by atoms with Crippen LogP contribution in [0.3, 0.4) is 0 Å². The van der Waals surface area contributed by atoms with E-state index < -0.39 is 5.60 Å². The van der Waals surface area contributed by atoms with Gasteiger partial charge in [0.2, 0.25) is 5.95 Å². The molecular formula is C24H26N8O2. The number of nitrogen functional groups attached to an aromatic ring is 1. The van der Waals surface area contributed by atoms with E-state index >= 15 is 0 Å². The molecule has 0 atom stereocenters. The number of amides is 1. The zero-order chi connectivity index (χ0) is 24.3. The highest BCUT2D eigenvalue weighted by molar-refractivity contribution is 5.69. The molecule has 0 saturated heterocycles. The molecule has 3 aromatic rings. The summed E-state index contributed by atoms with van der Waals surface area (Å²) in [7, 11) is 0. The first-order valence-electron chi connectivity index (χ1n) is 10.8. The molecule has 34 heavy (non-hydrogen) atoms. The molecule has 1 amide bonds. The molecule has 1 aliphatic rings. The summed E-state index contributed by atoms with van der Waals surface area (Å²) in [5.74, 6) is 1.44. The number of nitriles is 1. The van der Waals surface area contributed by atoms with Crippen molar-refractivity contribution < 1.29 is 9.53 Å². The van der Waals surface area contributed by atoms with Gasteiger partial charge in [0, 0.05) is 18.8 Å². The van der Waals surface area contributed by atoms with Crippen molar-refractivity contribution in [2.24, 2.45) is 0 Å². The molecule has 10 heteroatoms. The van der Waals surface area contributed by atoms with Crippen LogP contribution in [0.2, 0.25) is 0 Å². The van der Waals surface area contributed by atoms with Crippen LogP contribution >= 0.6 is 0 Å². The van der Waals surface area contributed by atoms with Crippen LogP contribution < -0.4 is 16.4 Å². The van der Waals surface area contributed by atoms with Crippen molar-refractivity contribution >= 4 is 35.2 Å². The molecule has 4 N–H and O–H groups in total. The summed E-state index contributed by atoms with van der Waals surface area (Å²) in [6.07, 6.45) is 1.87. The molecule has 174 valence electrons. The third-order valence-electron chi connectivity index (χ3n) is 5.05. The minimum Gasteiger partial charge on any atom is -0.444 e. The molecule has 2 aromatic heterocycles. The smallest absolute Gasteiger partial charge is 0.410 e. The number of pyridine rings is 1. The van der Waals surface area contributed by atoms with Crippen LogP contribution in [0.15, 0.2) is 42.6 Å². The Bertz CT molecular complexity index is 1260. The summed E-state index contributed by atoms with van der Waals surface area (Å²) in [4.78, 5) is 27.1. The fourth-order valence-corrected chi connectivity index (χ4v) is 3.51. The van der Waals surface area contributed by atoms with Gasteiger partial charge in [-0.3, -0.25) is 0 Å². The maximum atomic E-state index is 12.5. The van der Waals surface area contributed by atoms with Crippen LogP contribution in [0.5, 0.6) is 0 Å². The van der Waals surface area contributed by atoms with E-state index in [-0.39, 0.29) is 11.7 Å². The average Bonchev–Trinajstić information content (AvgIpc) is 2.78. The van der Waals surface area contributed by atoms with Gasteiger partial charge in [0.15, 0.2) is 5.82 Å². The zero-order valence-electron chi connectivity index (χ0n) is 19.3. The first kappa shape index (κ1) is 22.8. The lowest BCUT2D eigenvalue weighted by Gasteiger charge is -2.31. The van der Waals surface area contributed by atoms with E-state index in [1.54, 1.807) is 23.1 Å². The Kier molecular flexibility index (Phi) is 6.19. The zero-order valence-corrected chi connectivity index (χ0v) is 19.3. The summed E-state index contributed by atoms with van der Waals surface area (Å²) in [6, 6.07) is 13.2. The molecule has 0 aliphatic carbocycles. The van der Waals surface area contributed by atoms with E-state index in [9.17, 15) is 10.1 Å². The Morgan fingerprint density at radius 3 is 2.74 bits per heavy atom. The average molecular weight is 459 g/mol. The van der Waals surface area contributed by atoms with Gasteiger partial charge >= 0.3 is 6.09 Å². The number of anilines is 5. The van der Waals surface area contributed by atoms with Gasteiger partial charge in [-0.2, -0.15) is 10.2 Å². The van der Waals surface area contributed by atoms with Crippen molar-refractivity contribution in [3.63, 3.8) is 0 Å². The molecule has 4 rings (SSSR count). The molecule has 3 heterocycles. The molecule has 0 unspecified atom stereocenters. The van der Waals surface area contributed by atoms with Gasteiger partial charge in [-0.1, -0.05) is 12.1 Å². The van der Waals surface area contributed by atoms with E-state index in [4.69, 9.17) is 10.5 Å². The topological polar surface area (TPSA) is 142 Å². The monoisotopic (exact) mass is 458 g/mol. The van der Waals surface area contributed by atoms with Gasteiger partial charge in [0.1, 0.15) is 28.9 Å². The quantitative estimate of drug-likeness (QED) is 0.526. The number of nitrogens with two attached hydrogens (primary N) is 1. The minimum absolute atomic E-state index is 0.271. The second kappa shape index (κ2) is 9.23. The third-order valence-corrected chi connectivity index (χ3v) is 5.05. The van der Waals surface area contributed by atoms with E-state index in [0.29, 0.717) is 36.5 Å². The number of nitrogens with one attached hydrogen (secondary N) is 2. The van der Waals surface area contributed by atoms with Crippen LogP contribution in [0, 0.1) is 11.3 Å². The third kappa shape index (κ3) is 5.50. The van der Waals surface area contributed by atoms with Gasteiger partial charge in [-0.05, 0) is 62.6 Å². The summed E-state index contributed by atoms with van der Waals surface area (Å²) < 4.78 is 5.51. The van der Waals surface area contributed by atoms with Crippen molar-refractivity contribution in [3.05, 3.63) is 59.3 Å². The van der Waals surface area contributed by atoms with E-state index in [0.717, 1.165) is 17.7 Å². The Balaban J connectivity index is 1.52. The predicted molar refractivity (Wildman–Crippen MR) is 129 cm³/mol. The van der Waals surface area contributed by atoms with Crippen LogP contribution in [0.4, 0.5) is 33.9 Å². The van der Waals surface area contributed by atoms with Gasteiger partial charge in [-0.25, -0.2) is 14.8 Å². The molecule has 0 radical (unpaired) electrons. The van der Waals surface area contributed by atoms with Crippen molar-refractivity contribution in [3.8, 4) is 6.07 Å². The van der Waals surface area contributed by atoms with Crippen molar-refractivity contribution in [1.82, 2.24) is 19.9 Å². The SMILES string of the molecule is CC(C)(C)OC(=O)N1CCc2ccc(Nc3ncc(C#N)c(Nc4cccc(N)n4)n3)cc2C1. The second-order valence-electron chi connectivity index (χ2n) is 8.90. The normalized spacial score (nSPS) is 12.9. The highest BCUT2D eigenvalue weighted by atomic mass is 16.6. The number of fused-ring (bicyclic) bond motifs is 1. The van der Waals surface area contributed by atoms with Gasteiger partial charge in [-0.15, -0.1) is 0 Å². The van der Waals surface area contributed by atoms with Crippen LogP contribution in [-0.2, 0) is 17.7 Å². The summed E-state index contributed by atoms with van der Waals surface area (Å²) in [6.45, 7) is 6.64. The maximum Gasteiger partial charge on any atom is 0.410 e. The lowest BCUT2D eigenvalue weighted by molar-refractivity contribution is 0.0224. The molecule has 0 bridgehead atoms. The van der Waals surface area contributed by atoms with Gasteiger partial charge < -0.3 is 26.0 Å². The number of hydrogen-bond acceptors (Lipinski definition) is 9. The highest BCUT2D eigenvalue weighted by Gasteiger charge is 2.25. The first-order valence-corrected chi connectivity index (χ1v) is 10.8.